The van der Waals surface area contributed by atoms with E-state index in [0.29, 0.717) is 33.2 Å². The molecule has 0 radical (unpaired) electrons. The highest BCUT2D eigenvalue weighted by atomic mass is 79.9. The molecule has 0 bridgehead atoms. The summed E-state index contributed by atoms with van der Waals surface area (Å²) in [6.07, 6.45) is 0. The van der Waals surface area contributed by atoms with E-state index < -0.39 is 0 Å². The molecule has 0 spiro atoms. The van der Waals surface area contributed by atoms with Crippen LogP contribution in [-0.2, 0) is 6.54 Å². The van der Waals surface area contributed by atoms with Gasteiger partial charge in [0.1, 0.15) is 0 Å². The van der Waals surface area contributed by atoms with Crippen molar-refractivity contribution in [3.63, 3.8) is 0 Å². The van der Waals surface area contributed by atoms with E-state index in [9.17, 15) is 9.59 Å². The van der Waals surface area contributed by atoms with Crippen LogP contribution in [0.5, 0.6) is 0 Å². The van der Waals surface area contributed by atoms with Gasteiger partial charge in [-0.25, -0.2) is 4.98 Å². The number of carbonyl (C=O) groups excluding carboxylic acids is 1. The fourth-order valence-electron chi connectivity index (χ4n) is 2.39. The highest BCUT2D eigenvalue weighted by Gasteiger charge is 2.13. The van der Waals surface area contributed by atoms with Gasteiger partial charge in [-0.15, -0.1) is 17.0 Å². The molecule has 0 amide bonds. The maximum absolute atomic E-state index is 12.5. The molecule has 0 aliphatic rings. The van der Waals surface area contributed by atoms with Crippen molar-refractivity contribution in [3.05, 3.63) is 69.5 Å². The lowest BCUT2D eigenvalue weighted by molar-refractivity contribution is 0.102. The number of para-hydroxylation sites is 1. The van der Waals surface area contributed by atoms with Gasteiger partial charge in [0.25, 0.3) is 5.56 Å². The van der Waals surface area contributed by atoms with E-state index in [-0.39, 0.29) is 34.1 Å². The molecule has 7 heteroatoms. The summed E-state index contributed by atoms with van der Waals surface area (Å²) in [5.74, 6) is 0.189. The monoisotopic (exact) mass is 438 g/mol. The third-order valence-corrected chi connectivity index (χ3v) is 4.87. The number of thioether (sulfide) groups is 1. The molecule has 130 valence electrons. The van der Waals surface area contributed by atoms with Crippen LogP contribution in [0, 0.1) is 0 Å². The maximum atomic E-state index is 12.5. The summed E-state index contributed by atoms with van der Waals surface area (Å²) in [5.41, 5.74) is 1.16. The molecular formula is C18H16BrClN2O2S. The Hall–Kier alpha value is -1.63. The number of ketones is 1. The third-order valence-electron chi connectivity index (χ3n) is 3.64. The van der Waals surface area contributed by atoms with Crippen LogP contribution in [0.1, 0.15) is 17.3 Å². The van der Waals surface area contributed by atoms with Gasteiger partial charge in [-0.3, -0.25) is 14.2 Å². The molecule has 0 atom stereocenters. The van der Waals surface area contributed by atoms with E-state index in [2.05, 4.69) is 4.98 Å². The molecule has 0 saturated carbocycles. The Labute approximate surface area is 165 Å². The summed E-state index contributed by atoms with van der Waals surface area (Å²) in [5, 5.41) is 1.74. The van der Waals surface area contributed by atoms with Gasteiger partial charge in [0.2, 0.25) is 0 Å². The predicted octanol–water partition coefficient (Wildman–Crippen LogP) is 4.62. The van der Waals surface area contributed by atoms with Crippen LogP contribution in [0.4, 0.5) is 0 Å². The van der Waals surface area contributed by atoms with Crippen LogP contribution in [0.25, 0.3) is 10.9 Å². The first-order valence-corrected chi connectivity index (χ1v) is 8.87. The maximum Gasteiger partial charge on any atom is 0.262 e. The molecule has 1 aromatic heterocycles. The second-order valence-corrected chi connectivity index (χ2v) is 6.56. The first-order valence-electron chi connectivity index (χ1n) is 7.51. The number of hydrogen-bond donors (Lipinski definition) is 0. The zero-order chi connectivity index (χ0) is 17.1. The number of halogens is 2. The number of benzene rings is 2. The van der Waals surface area contributed by atoms with Crippen molar-refractivity contribution in [2.24, 2.45) is 0 Å². The van der Waals surface area contributed by atoms with Crippen molar-refractivity contribution in [2.45, 2.75) is 18.6 Å². The lowest BCUT2D eigenvalue weighted by Crippen LogP contribution is -2.22. The van der Waals surface area contributed by atoms with Gasteiger partial charge < -0.3 is 0 Å². The second-order valence-electron chi connectivity index (χ2n) is 5.18. The summed E-state index contributed by atoms with van der Waals surface area (Å²) in [6.45, 7) is 2.40. The minimum atomic E-state index is -0.0791. The van der Waals surface area contributed by atoms with Gasteiger partial charge in [-0.2, -0.15) is 0 Å². The molecule has 0 N–H and O–H groups in total. The fraction of sp³-hybridized carbons (Fsp3) is 0.167. The van der Waals surface area contributed by atoms with E-state index in [1.165, 1.54) is 11.8 Å². The second kappa shape index (κ2) is 8.65. The van der Waals surface area contributed by atoms with Crippen LogP contribution >= 0.6 is 40.3 Å². The quantitative estimate of drug-likeness (QED) is 0.331. The van der Waals surface area contributed by atoms with Crippen molar-refractivity contribution in [3.8, 4) is 0 Å². The number of fused-ring (bicyclic) bond motifs is 1. The summed E-state index contributed by atoms with van der Waals surface area (Å²) in [6, 6.07) is 14.0. The number of nitrogens with zero attached hydrogens (tertiary/aromatic N) is 2. The number of hydrogen-bond acceptors (Lipinski definition) is 4. The summed E-state index contributed by atoms with van der Waals surface area (Å²) < 4.78 is 1.60. The Bertz CT molecular complexity index is 957. The number of carbonyl (C=O) groups is 1. The average Bonchev–Trinajstić information content (AvgIpc) is 2.60. The number of rotatable bonds is 5. The van der Waals surface area contributed by atoms with E-state index in [1.807, 2.05) is 25.1 Å². The first-order chi connectivity index (χ1) is 11.6. The van der Waals surface area contributed by atoms with Gasteiger partial charge in [0.15, 0.2) is 10.9 Å². The molecule has 3 aromatic rings. The van der Waals surface area contributed by atoms with Gasteiger partial charge >= 0.3 is 0 Å². The average molecular weight is 440 g/mol. The lowest BCUT2D eigenvalue weighted by Gasteiger charge is -2.10. The van der Waals surface area contributed by atoms with Crippen molar-refractivity contribution in [2.75, 3.05) is 5.75 Å². The SMILES string of the molecule is Br.CCn1c(SCC(=O)c2ccc(Cl)cc2)nc2ccccc2c1=O. The Morgan fingerprint density at radius 3 is 2.52 bits per heavy atom. The Morgan fingerprint density at radius 2 is 1.84 bits per heavy atom. The fourth-order valence-corrected chi connectivity index (χ4v) is 3.47. The van der Waals surface area contributed by atoms with Gasteiger partial charge in [0.05, 0.1) is 16.7 Å². The molecule has 0 saturated heterocycles. The smallest absolute Gasteiger partial charge is 0.262 e. The zero-order valence-electron chi connectivity index (χ0n) is 13.4. The van der Waals surface area contributed by atoms with Crippen LogP contribution in [0.2, 0.25) is 5.02 Å². The normalized spacial score (nSPS) is 10.5. The van der Waals surface area contributed by atoms with Crippen molar-refractivity contribution < 1.29 is 4.79 Å². The standard InChI is InChI=1S/C18H15ClN2O2S.BrH/c1-2-21-17(23)14-5-3-4-6-15(14)20-18(21)24-11-16(22)12-7-9-13(19)10-8-12;/h3-10H,2,11H2,1H3;1H. The zero-order valence-corrected chi connectivity index (χ0v) is 16.7. The molecule has 4 nitrogen and oxygen atoms in total. The lowest BCUT2D eigenvalue weighted by atomic mass is 10.1. The van der Waals surface area contributed by atoms with Crippen molar-refractivity contribution in [1.29, 1.82) is 0 Å². The molecule has 2 aromatic carbocycles. The molecule has 0 fully saturated rings. The largest absolute Gasteiger partial charge is 0.293 e. The minimum Gasteiger partial charge on any atom is -0.293 e. The summed E-state index contributed by atoms with van der Waals surface area (Å²) in [7, 11) is 0. The van der Waals surface area contributed by atoms with Crippen LogP contribution < -0.4 is 5.56 Å². The minimum absolute atomic E-state index is 0. The molecule has 3 rings (SSSR count). The third kappa shape index (κ3) is 4.32. The molecule has 0 aliphatic heterocycles. The number of aromatic nitrogens is 2. The van der Waals surface area contributed by atoms with Gasteiger partial charge in [-0.05, 0) is 43.3 Å². The summed E-state index contributed by atoms with van der Waals surface area (Å²) >= 11 is 7.11. The first kappa shape index (κ1) is 19.7. The van der Waals surface area contributed by atoms with Crippen LogP contribution in [0.3, 0.4) is 0 Å². The molecule has 0 aliphatic carbocycles. The highest BCUT2D eigenvalue weighted by Crippen LogP contribution is 2.19. The van der Waals surface area contributed by atoms with E-state index in [1.54, 1.807) is 34.9 Å². The van der Waals surface area contributed by atoms with E-state index in [4.69, 9.17) is 11.6 Å². The van der Waals surface area contributed by atoms with E-state index in [0.717, 1.165) is 0 Å². The molecule has 1 heterocycles. The van der Waals surface area contributed by atoms with Crippen molar-refractivity contribution >= 4 is 57.0 Å². The van der Waals surface area contributed by atoms with E-state index >= 15 is 0 Å². The van der Waals surface area contributed by atoms with Crippen molar-refractivity contribution in [1.82, 2.24) is 9.55 Å². The van der Waals surface area contributed by atoms with Gasteiger partial charge in [-0.1, -0.05) is 35.5 Å². The molecule has 0 unspecified atom stereocenters. The summed E-state index contributed by atoms with van der Waals surface area (Å²) in [4.78, 5) is 29.4. The predicted molar refractivity (Wildman–Crippen MR) is 109 cm³/mol. The topological polar surface area (TPSA) is 52.0 Å². The Morgan fingerprint density at radius 1 is 1.16 bits per heavy atom. The van der Waals surface area contributed by atoms with Gasteiger partial charge in [0, 0.05) is 17.1 Å². The van der Waals surface area contributed by atoms with Crippen LogP contribution in [0.15, 0.2) is 58.5 Å². The molecule has 25 heavy (non-hydrogen) atoms. The molecular weight excluding hydrogens is 424 g/mol. The Kier molecular flexibility index (Phi) is 6.81. The Balaban J connectivity index is 0.00000225. The van der Waals surface area contributed by atoms with Crippen LogP contribution in [-0.4, -0.2) is 21.1 Å². The highest BCUT2D eigenvalue weighted by molar-refractivity contribution is 8.93. The number of Topliss-reactive ketones (excluding diaryl/α,β-unsaturated/α-hetero) is 1.